The first-order chi connectivity index (χ1) is 15.8. The summed E-state index contributed by atoms with van der Waals surface area (Å²) in [4.78, 5) is 23.0. The highest BCUT2D eigenvalue weighted by Gasteiger charge is 2.08. The molecule has 0 spiro atoms. The Labute approximate surface area is 194 Å². The molecule has 0 saturated carbocycles. The number of aryl methyl sites for hydroxylation is 2. The molecule has 3 aromatic rings. The fraction of sp³-hybridized carbons (Fsp3) is 0.167. The number of carbonyl (C=O) groups is 1. The largest absolute Gasteiger partial charge is 0.488 e. The van der Waals surface area contributed by atoms with Crippen molar-refractivity contribution < 1.29 is 18.8 Å². The van der Waals surface area contributed by atoms with Crippen molar-refractivity contribution in [1.82, 2.24) is 5.43 Å². The second-order valence-electron chi connectivity index (χ2n) is 7.23. The minimum absolute atomic E-state index is 0.00543. The van der Waals surface area contributed by atoms with Crippen LogP contribution in [0.4, 0.5) is 10.1 Å². The fourth-order valence-corrected chi connectivity index (χ4v) is 3.74. The van der Waals surface area contributed by atoms with Gasteiger partial charge in [-0.05, 0) is 72.5 Å². The third kappa shape index (κ3) is 7.15. The maximum Gasteiger partial charge on any atom is 0.269 e. The number of nitro groups is 1. The Bertz CT molecular complexity index is 1140. The van der Waals surface area contributed by atoms with Crippen LogP contribution in [0.2, 0.25) is 0 Å². The van der Waals surface area contributed by atoms with Crippen molar-refractivity contribution in [3.63, 3.8) is 0 Å². The number of hydrogen-bond acceptors (Lipinski definition) is 6. The Kier molecular flexibility index (Phi) is 8.15. The fourth-order valence-electron chi connectivity index (χ4n) is 3.05. The van der Waals surface area contributed by atoms with Crippen LogP contribution in [0.1, 0.15) is 22.3 Å². The van der Waals surface area contributed by atoms with Crippen molar-refractivity contribution in [2.24, 2.45) is 5.10 Å². The zero-order chi connectivity index (χ0) is 23.8. The number of nitrogens with zero attached hydrogens (tertiary/aromatic N) is 2. The first-order valence-electron chi connectivity index (χ1n) is 9.99. The number of hydrazone groups is 1. The molecule has 33 heavy (non-hydrogen) atoms. The number of thioether (sulfide) groups is 1. The summed E-state index contributed by atoms with van der Waals surface area (Å²) in [6.07, 6.45) is 1.55. The van der Waals surface area contributed by atoms with Gasteiger partial charge < -0.3 is 4.74 Å². The molecule has 0 unspecified atom stereocenters. The van der Waals surface area contributed by atoms with Gasteiger partial charge in [-0.3, -0.25) is 14.9 Å². The number of benzene rings is 3. The van der Waals surface area contributed by atoms with Gasteiger partial charge in [0.1, 0.15) is 18.2 Å². The summed E-state index contributed by atoms with van der Waals surface area (Å²) in [5.74, 6) is 0.303. The molecule has 1 amide bonds. The second kappa shape index (κ2) is 11.2. The van der Waals surface area contributed by atoms with Crippen LogP contribution in [-0.2, 0) is 11.4 Å². The van der Waals surface area contributed by atoms with E-state index in [1.54, 1.807) is 30.5 Å². The molecule has 0 atom stereocenters. The van der Waals surface area contributed by atoms with Gasteiger partial charge in [0.2, 0.25) is 5.91 Å². The van der Waals surface area contributed by atoms with Crippen LogP contribution in [0, 0.1) is 29.8 Å². The number of ether oxygens (including phenoxy) is 1. The van der Waals surface area contributed by atoms with E-state index in [1.165, 1.54) is 36.0 Å². The van der Waals surface area contributed by atoms with Gasteiger partial charge in [-0.1, -0.05) is 12.1 Å². The highest BCUT2D eigenvalue weighted by atomic mass is 32.2. The molecule has 7 nitrogen and oxygen atoms in total. The van der Waals surface area contributed by atoms with Gasteiger partial charge in [-0.15, -0.1) is 11.8 Å². The molecule has 0 aromatic heterocycles. The molecule has 0 saturated heterocycles. The summed E-state index contributed by atoms with van der Waals surface area (Å²) in [6, 6.07) is 16.0. The number of amides is 1. The summed E-state index contributed by atoms with van der Waals surface area (Å²) in [6.45, 7) is 4.17. The van der Waals surface area contributed by atoms with Crippen molar-refractivity contribution in [2.75, 3.05) is 5.75 Å². The Hall–Kier alpha value is -3.72. The number of hydrogen-bond donors (Lipinski definition) is 1. The standard InChI is InChI=1S/C24H22FN3O4S/c1-16-11-19(12-17(2)24(16)32-14-18-3-5-20(25)6-4-18)13-26-27-23(29)15-33-22-9-7-21(8-10-22)28(30)31/h3-13H,14-15H2,1-2H3,(H,27,29)/b26-13-. The first kappa shape index (κ1) is 23.9. The van der Waals surface area contributed by atoms with Crippen LogP contribution in [-0.4, -0.2) is 22.8 Å². The van der Waals surface area contributed by atoms with Crippen LogP contribution in [0.3, 0.4) is 0 Å². The zero-order valence-electron chi connectivity index (χ0n) is 18.1. The van der Waals surface area contributed by atoms with E-state index in [9.17, 15) is 19.3 Å². The predicted octanol–water partition coefficient (Wildman–Crippen LogP) is 5.17. The quantitative estimate of drug-likeness (QED) is 0.203. The summed E-state index contributed by atoms with van der Waals surface area (Å²) in [5.41, 5.74) is 5.99. The minimum atomic E-state index is -0.469. The van der Waals surface area contributed by atoms with Gasteiger partial charge >= 0.3 is 0 Å². The second-order valence-corrected chi connectivity index (χ2v) is 8.28. The zero-order valence-corrected chi connectivity index (χ0v) is 18.9. The van der Waals surface area contributed by atoms with Gasteiger partial charge in [0.25, 0.3) is 5.69 Å². The van der Waals surface area contributed by atoms with Crippen LogP contribution in [0.15, 0.2) is 70.7 Å². The number of non-ortho nitro benzene ring substituents is 1. The molecule has 0 aliphatic heterocycles. The lowest BCUT2D eigenvalue weighted by Crippen LogP contribution is -2.19. The maximum absolute atomic E-state index is 13.0. The average Bonchev–Trinajstić information content (AvgIpc) is 2.78. The number of carbonyl (C=O) groups excluding carboxylic acids is 1. The normalized spacial score (nSPS) is 10.9. The van der Waals surface area contributed by atoms with Gasteiger partial charge in [0.15, 0.2) is 0 Å². The summed E-state index contributed by atoms with van der Waals surface area (Å²) < 4.78 is 18.9. The summed E-state index contributed by atoms with van der Waals surface area (Å²) in [5, 5.41) is 14.7. The molecule has 0 fully saturated rings. The highest BCUT2D eigenvalue weighted by Crippen LogP contribution is 2.25. The Balaban J connectivity index is 1.51. The van der Waals surface area contributed by atoms with E-state index in [2.05, 4.69) is 10.5 Å². The molecule has 3 rings (SSSR count). The molecular weight excluding hydrogens is 445 g/mol. The molecule has 170 valence electrons. The van der Waals surface area contributed by atoms with E-state index >= 15 is 0 Å². The van der Waals surface area contributed by atoms with Crippen molar-refractivity contribution in [3.8, 4) is 5.75 Å². The number of rotatable bonds is 9. The number of nitrogens with one attached hydrogen (secondary N) is 1. The molecule has 0 bridgehead atoms. The van der Waals surface area contributed by atoms with E-state index in [4.69, 9.17) is 4.74 Å². The predicted molar refractivity (Wildman–Crippen MR) is 126 cm³/mol. The molecule has 0 aliphatic rings. The minimum Gasteiger partial charge on any atom is -0.488 e. The van der Waals surface area contributed by atoms with Gasteiger partial charge in [0, 0.05) is 17.0 Å². The summed E-state index contributed by atoms with van der Waals surface area (Å²) >= 11 is 1.26. The topological polar surface area (TPSA) is 93.8 Å². The average molecular weight is 468 g/mol. The van der Waals surface area contributed by atoms with Gasteiger partial charge in [-0.25, -0.2) is 9.82 Å². The van der Waals surface area contributed by atoms with Gasteiger partial charge in [0.05, 0.1) is 16.9 Å². The molecule has 0 aliphatic carbocycles. The van der Waals surface area contributed by atoms with E-state index in [0.29, 0.717) is 6.61 Å². The van der Waals surface area contributed by atoms with E-state index in [0.717, 1.165) is 32.9 Å². The SMILES string of the molecule is Cc1cc(/C=N\NC(=O)CSc2ccc([N+](=O)[O-])cc2)cc(C)c1OCc1ccc(F)cc1. The monoisotopic (exact) mass is 467 g/mol. The molecular formula is C24H22FN3O4S. The van der Waals surface area contributed by atoms with Crippen LogP contribution >= 0.6 is 11.8 Å². The lowest BCUT2D eigenvalue weighted by atomic mass is 10.1. The van der Waals surface area contributed by atoms with Crippen LogP contribution in [0.25, 0.3) is 0 Å². The van der Waals surface area contributed by atoms with Crippen molar-refractivity contribution in [2.45, 2.75) is 25.3 Å². The Morgan fingerprint density at radius 2 is 1.76 bits per heavy atom. The summed E-state index contributed by atoms with van der Waals surface area (Å²) in [7, 11) is 0. The van der Waals surface area contributed by atoms with Crippen LogP contribution < -0.4 is 10.2 Å². The third-order valence-corrected chi connectivity index (χ3v) is 5.61. The molecule has 9 heteroatoms. The van der Waals surface area contributed by atoms with Gasteiger partial charge in [-0.2, -0.15) is 5.10 Å². The smallest absolute Gasteiger partial charge is 0.269 e. The molecule has 0 heterocycles. The molecule has 3 aromatic carbocycles. The molecule has 0 radical (unpaired) electrons. The molecule has 1 N–H and O–H groups in total. The van der Waals surface area contributed by atoms with Crippen molar-refractivity contribution >= 4 is 29.6 Å². The highest BCUT2D eigenvalue weighted by molar-refractivity contribution is 8.00. The van der Waals surface area contributed by atoms with Crippen molar-refractivity contribution in [1.29, 1.82) is 0 Å². The first-order valence-corrected chi connectivity index (χ1v) is 11.0. The lowest BCUT2D eigenvalue weighted by molar-refractivity contribution is -0.384. The maximum atomic E-state index is 13.0. The Morgan fingerprint density at radius 3 is 2.36 bits per heavy atom. The lowest BCUT2D eigenvalue weighted by Gasteiger charge is -2.13. The Morgan fingerprint density at radius 1 is 1.12 bits per heavy atom. The number of halogens is 1. The van der Waals surface area contributed by atoms with E-state index < -0.39 is 4.92 Å². The van der Waals surface area contributed by atoms with E-state index in [-0.39, 0.29) is 23.2 Å². The van der Waals surface area contributed by atoms with Crippen molar-refractivity contribution in [3.05, 3.63) is 98.8 Å². The number of nitro benzene ring substituents is 1. The third-order valence-electron chi connectivity index (χ3n) is 4.60. The van der Waals surface area contributed by atoms with E-state index in [1.807, 2.05) is 26.0 Å². The van der Waals surface area contributed by atoms with Crippen LogP contribution in [0.5, 0.6) is 5.75 Å².